The van der Waals surface area contributed by atoms with Gasteiger partial charge in [-0.15, -0.1) is 10.2 Å². The van der Waals surface area contributed by atoms with Gasteiger partial charge in [-0.3, -0.25) is 14.5 Å². The van der Waals surface area contributed by atoms with Gasteiger partial charge in [0.2, 0.25) is 19.3 Å². The van der Waals surface area contributed by atoms with Crippen molar-refractivity contribution in [3.63, 3.8) is 0 Å². The van der Waals surface area contributed by atoms with Crippen LogP contribution in [0.25, 0.3) is 0 Å². The summed E-state index contributed by atoms with van der Waals surface area (Å²) in [4.78, 5) is 36.8. The Kier molecular flexibility index (Phi) is 4.15. The molecule has 1 fully saturated rings. The number of hydrogen-bond donors (Lipinski definition) is 0. The van der Waals surface area contributed by atoms with Crippen LogP contribution in [-0.2, 0) is 24.2 Å². The molecule has 1 aromatic heterocycles. The molecule has 1 unspecified atom stereocenters. The SMILES string of the molecule is CCS(=O)(=O)c1nnc(N2C(=O)C(OC(C)=O)N(C)C2=O)s1. The zero-order valence-electron chi connectivity index (χ0n) is 11.8. The lowest BCUT2D eigenvalue weighted by molar-refractivity contribution is -0.157. The van der Waals surface area contributed by atoms with Crippen LogP contribution in [0.3, 0.4) is 0 Å². The van der Waals surface area contributed by atoms with E-state index in [4.69, 9.17) is 4.74 Å². The molecule has 12 heteroatoms. The van der Waals surface area contributed by atoms with Crippen LogP contribution in [0.1, 0.15) is 13.8 Å². The summed E-state index contributed by atoms with van der Waals surface area (Å²) < 4.78 is 27.9. The van der Waals surface area contributed by atoms with Gasteiger partial charge in [0.25, 0.3) is 12.1 Å². The van der Waals surface area contributed by atoms with E-state index >= 15 is 0 Å². The van der Waals surface area contributed by atoms with Crippen molar-refractivity contribution >= 4 is 44.2 Å². The van der Waals surface area contributed by atoms with Crippen molar-refractivity contribution in [2.45, 2.75) is 24.4 Å². The Morgan fingerprint density at radius 2 is 2.00 bits per heavy atom. The fraction of sp³-hybridized carbons (Fsp3) is 0.500. The molecule has 0 radical (unpaired) electrons. The first-order valence-corrected chi connectivity index (χ1v) is 8.50. The predicted octanol–water partition coefficient (Wildman–Crippen LogP) is -0.381. The number of likely N-dealkylation sites (N-methyl/N-ethyl adjacent to an activating group) is 1. The highest BCUT2D eigenvalue weighted by molar-refractivity contribution is 7.93. The van der Waals surface area contributed by atoms with Crippen molar-refractivity contribution in [2.24, 2.45) is 0 Å². The Morgan fingerprint density at radius 1 is 1.36 bits per heavy atom. The Bertz CT molecular complexity index is 742. The van der Waals surface area contributed by atoms with E-state index in [-0.39, 0.29) is 15.2 Å². The summed E-state index contributed by atoms with van der Waals surface area (Å²) in [6.07, 6.45) is -1.40. The Morgan fingerprint density at radius 3 is 2.55 bits per heavy atom. The van der Waals surface area contributed by atoms with Crippen molar-refractivity contribution in [1.82, 2.24) is 15.1 Å². The van der Waals surface area contributed by atoms with Crippen LogP contribution < -0.4 is 4.90 Å². The van der Waals surface area contributed by atoms with E-state index in [2.05, 4.69) is 10.2 Å². The lowest BCUT2D eigenvalue weighted by Gasteiger charge is -2.14. The molecule has 120 valence electrons. The highest BCUT2D eigenvalue weighted by Crippen LogP contribution is 2.29. The van der Waals surface area contributed by atoms with Gasteiger partial charge in [0.15, 0.2) is 0 Å². The zero-order chi connectivity index (χ0) is 16.7. The quantitative estimate of drug-likeness (QED) is 0.409. The van der Waals surface area contributed by atoms with Crippen LogP contribution in [0.4, 0.5) is 9.93 Å². The third-order valence-corrected chi connectivity index (χ3v) is 5.88. The number of rotatable bonds is 4. The molecule has 1 aliphatic rings. The highest BCUT2D eigenvalue weighted by atomic mass is 32.2. The smallest absolute Gasteiger partial charge is 0.336 e. The van der Waals surface area contributed by atoms with Crippen molar-refractivity contribution < 1.29 is 27.5 Å². The molecule has 1 aromatic rings. The number of urea groups is 1. The van der Waals surface area contributed by atoms with Gasteiger partial charge in [-0.05, 0) is 0 Å². The number of imide groups is 1. The number of sulfone groups is 1. The Labute approximate surface area is 129 Å². The molecule has 0 aliphatic carbocycles. The Balaban J connectivity index is 2.35. The number of amides is 3. The molecule has 0 saturated carbocycles. The third kappa shape index (κ3) is 2.66. The van der Waals surface area contributed by atoms with Gasteiger partial charge in [-0.25, -0.2) is 13.2 Å². The summed E-state index contributed by atoms with van der Waals surface area (Å²) in [5, 5.41) is 6.87. The van der Waals surface area contributed by atoms with Crippen LogP contribution in [-0.4, -0.2) is 60.5 Å². The van der Waals surface area contributed by atoms with Gasteiger partial charge < -0.3 is 4.74 Å². The number of nitrogens with zero attached hydrogens (tertiary/aromatic N) is 4. The molecule has 0 bridgehead atoms. The number of ether oxygens (including phenoxy) is 1. The Hall–Kier alpha value is -2.08. The average molecular weight is 348 g/mol. The van der Waals surface area contributed by atoms with Gasteiger partial charge in [-0.1, -0.05) is 18.3 Å². The fourth-order valence-corrected chi connectivity index (χ4v) is 3.71. The molecule has 1 atom stereocenters. The number of carbonyl (C=O) groups is 3. The van der Waals surface area contributed by atoms with Crippen LogP contribution >= 0.6 is 11.3 Å². The first-order valence-electron chi connectivity index (χ1n) is 6.03. The molecule has 1 saturated heterocycles. The maximum absolute atomic E-state index is 12.2. The summed E-state index contributed by atoms with van der Waals surface area (Å²) in [6, 6.07) is -0.784. The maximum Gasteiger partial charge on any atom is 0.336 e. The summed E-state index contributed by atoms with van der Waals surface area (Å²) in [6.45, 7) is 2.54. The predicted molar refractivity (Wildman–Crippen MR) is 73.8 cm³/mol. The number of anilines is 1. The first kappa shape index (κ1) is 16.3. The van der Waals surface area contributed by atoms with Gasteiger partial charge >= 0.3 is 12.0 Å². The van der Waals surface area contributed by atoms with Crippen molar-refractivity contribution in [1.29, 1.82) is 0 Å². The molecule has 0 aromatic carbocycles. The topological polar surface area (TPSA) is 127 Å². The number of carbonyl (C=O) groups excluding carboxylic acids is 3. The molecule has 2 heterocycles. The maximum atomic E-state index is 12.2. The molecule has 1 aliphatic heterocycles. The first-order chi connectivity index (χ1) is 10.2. The van der Waals surface area contributed by atoms with E-state index in [9.17, 15) is 22.8 Å². The highest BCUT2D eigenvalue weighted by Gasteiger charge is 2.48. The minimum atomic E-state index is -3.59. The van der Waals surface area contributed by atoms with Crippen LogP contribution in [0.15, 0.2) is 4.34 Å². The second-order valence-electron chi connectivity index (χ2n) is 4.28. The van der Waals surface area contributed by atoms with Gasteiger partial charge in [0.05, 0.1) is 5.75 Å². The van der Waals surface area contributed by atoms with E-state index in [1.54, 1.807) is 0 Å². The summed E-state index contributed by atoms with van der Waals surface area (Å²) >= 11 is 0.599. The fourth-order valence-electron chi connectivity index (χ4n) is 1.63. The lowest BCUT2D eigenvalue weighted by Crippen LogP contribution is -2.35. The summed E-state index contributed by atoms with van der Waals surface area (Å²) in [5.74, 6) is -1.75. The van der Waals surface area contributed by atoms with Crippen LogP contribution in [0.5, 0.6) is 0 Å². The minimum absolute atomic E-state index is 0.181. The summed E-state index contributed by atoms with van der Waals surface area (Å²) in [5.41, 5.74) is 0. The second kappa shape index (κ2) is 5.61. The monoisotopic (exact) mass is 348 g/mol. The molecular weight excluding hydrogens is 336 g/mol. The molecule has 2 rings (SSSR count). The molecular formula is C10H12N4O6S2. The normalized spacial score (nSPS) is 19.0. The van der Waals surface area contributed by atoms with Gasteiger partial charge in [-0.2, -0.15) is 4.90 Å². The largest absolute Gasteiger partial charge is 0.432 e. The number of esters is 1. The van der Waals surface area contributed by atoms with Crippen molar-refractivity contribution in [3.05, 3.63) is 0 Å². The number of hydrogen-bond acceptors (Lipinski definition) is 9. The molecule has 10 nitrogen and oxygen atoms in total. The zero-order valence-corrected chi connectivity index (χ0v) is 13.5. The number of aromatic nitrogens is 2. The second-order valence-corrected chi connectivity index (χ2v) is 7.69. The standard InChI is InChI=1S/C10H12N4O6S2/c1-4-22(18,19)9-12-11-8(21-9)14-6(16)7(20-5(2)15)13(3)10(14)17/h7H,4H2,1-3H3. The van der Waals surface area contributed by atoms with E-state index in [0.29, 0.717) is 16.2 Å². The third-order valence-electron chi connectivity index (χ3n) is 2.79. The molecule has 3 amide bonds. The van der Waals surface area contributed by atoms with Crippen molar-refractivity contribution in [3.8, 4) is 0 Å². The van der Waals surface area contributed by atoms with E-state index in [0.717, 1.165) is 11.8 Å². The van der Waals surface area contributed by atoms with E-state index < -0.39 is 34.0 Å². The average Bonchev–Trinajstić information content (AvgIpc) is 3.00. The van der Waals surface area contributed by atoms with E-state index in [1.807, 2.05) is 0 Å². The van der Waals surface area contributed by atoms with E-state index in [1.165, 1.54) is 14.0 Å². The minimum Gasteiger partial charge on any atom is -0.432 e. The van der Waals surface area contributed by atoms with Gasteiger partial charge in [0, 0.05) is 14.0 Å². The molecule has 0 spiro atoms. The van der Waals surface area contributed by atoms with Crippen LogP contribution in [0, 0.1) is 0 Å². The summed E-state index contributed by atoms with van der Waals surface area (Å²) in [7, 11) is -2.31. The van der Waals surface area contributed by atoms with Crippen molar-refractivity contribution in [2.75, 3.05) is 17.7 Å². The van der Waals surface area contributed by atoms with Crippen LogP contribution in [0.2, 0.25) is 0 Å². The van der Waals surface area contributed by atoms with Gasteiger partial charge in [0.1, 0.15) is 0 Å². The molecule has 22 heavy (non-hydrogen) atoms. The molecule has 0 N–H and O–H groups in total. The lowest BCUT2D eigenvalue weighted by atomic mass is 10.5.